The van der Waals surface area contributed by atoms with Gasteiger partial charge in [-0.3, -0.25) is 4.21 Å². The number of rotatable bonds is 2. The van der Waals surface area contributed by atoms with Gasteiger partial charge in [-0.05, 0) is 0 Å². The molecule has 0 spiro atoms. The lowest BCUT2D eigenvalue weighted by Gasteiger charge is -2.29. The highest BCUT2D eigenvalue weighted by Gasteiger charge is 2.75. The summed E-state index contributed by atoms with van der Waals surface area (Å²) in [5.74, 6) is 0. The molecule has 2 atom stereocenters. The van der Waals surface area contributed by atoms with E-state index in [-0.39, 0.29) is 0 Å². The zero-order valence-electron chi connectivity index (χ0n) is 6.60. The highest BCUT2D eigenvalue weighted by molar-refractivity contribution is 8.05. The van der Waals surface area contributed by atoms with Crippen molar-refractivity contribution in [3.8, 4) is 0 Å². The highest BCUT2D eigenvalue weighted by Crippen LogP contribution is 2.46. The Kier molecular flexibility index (Phi) is 3.70. The lowest BCUT2D eigenvalue weighted by Crippen LogP contribution is -2.55. The summed E-state index contributed by atoms with van der Waals surface area (Å²) in [5, 5.41) is 0. The minimum atomic E-state index is -7.60. The van der Waals surface area contributed by atoms with Crippen LogP contribution < -0.4 is 0 Å². The van der Waals surface area contributed by atoms with Gasteiger partial charge in [0.2, 0.25) is 0 Å². The summed E-state index contributed by atoms with van der Waals surface area (Å²) in [4.78, 5) is 0. The fourth-order valence-electron chi connectivity index (χ4n) is 0.485. The highest BCUT2D eigenvalue weighted by atomic mass is 32.3. The van der Waals surface area contributed by atoms with E-state index in [0.29, 0.717) is 0 Å². The SMILES string of the molecule is O=S([O-])C(F)(C(F)(F)F)S(=O)(=O)C(F)(F)F. The van der Waals surface area contributed by atoms with Crippen LogP contribution in [0.1, 0.15) is 0 Å². The molecule has 0 aromatic heterocycles. The summed E-state index contributed by atoms with van der Waals surface area (Å²) < 4.78 is 116. The van der Waals surface area contributed by atoms with Crippen molar-refractivity contribution in [2.75, 3.05) is 0 Å². The van der Waals surface area contributed by atoms with E-state index in [0.717, 1.165) is 0 Å². The number of hydrogen-bond acceptors (Lipinski definition) is 4. The fourth-order valence-corrected chi connectivity index (χ4v) is 2.28. The predicted molar refractivity (Wildman–Crippen MR) is 33.8 cm³/mol. The molecule has 0 fully saturated rings. The third-order valence-electron chi connectivity index (χ3n) is 1.20. The van der Waals surface area contributed by atoms with Crippen molar-refractivity contribution in [3.63, 3.8) is 0 Å². The van der Waals surface area contributed by atoms with E-state index in [4.69, 9.17) is 0 Å². The number of alkyl halides is 7. The lowest BCUT2D eigenvalue weighted by atomic mass is 10.7. The summed E-state index contributed by atoms with van der Waals surface area (Å²) >= 11 is -5.20. The molecule has 0 N–H and O–H groups in total. The molecule has 2 unspecified atom stereocenters. The van der Waals surface area contributed by atoms with Gasteiger partial charge in [0, 0.05) is 11.1 Å². The molecule has 0 rings (SSSR count). The summed E-state index contributed by atoms with van der Waals surface area (Å²) in [7, 11) is -7.60. The average molecular weight is 297 g/mol. The zero-order chi connectivity index (χ0) is 13.6. The van der Waals surface area contributed by atoms with Crippen LogP contribution in [0.2, 0.25) is 0 Å². The van der Waals surface area contributed by atoms with Gasteiger partial charge in [0.25, 0.3) is 0 Å². The largest absolute Gasteiger partial charge is 0.769 e. The lowest BCUT2D eigenvalue weighted by molar-refractivity contribution is -0.175. The molecule has 0 radical (unpaired) electrons. The minimum Gasteiger partial charge on any atom is -0.769 e. The third-order valence-corrected chi connectivity index (χ3v) is 4.46. The Morgan fingerprint density at radius 1 is 0.938 bits per heavy atom. The van der Waals surface area contributed by atoms with Crippen LogP contribution in [0.3, 0.4) is 0 Å². The third kappa shape index (κ3) is 2.02. The van der Waals surface area contributed by atoms with Crippen LogP contribution in [-0.4, -0.2) is 33.2 Å². The van der Waals surface area contributed by atoms with Crippen molar-refractivity contribution in [2.45, 2.75) is 16.0 Å². The first-order chi connectivity index (χ1) is 6.69. The maximum absolute atomic E-state index is 12.6. The molecule has 0 bridgehead atoms. The maximum atomic E-state index is 12.6. The minimum absolute atomic E-state index is 5.20. The Morgan fingerprint density at radius 3 is 1.31 bits per heavy atom. The van der Waals surface area contributed by atoms with Crippen LogP contribution in [0.15, 0.2) is 0 Å². The van der Waals surface area contributed by atoms with Gasteiger partial charge in [0.1, 0.15) is 0 Å². The van der Waals surface area contributed by atoms with Crippen molar-refractivity contribution < 1.29 is 47.9 Å². The average Bonchev–Trinajstić information content (AvgIpc) is 1.97. The number of sulfone groups is 1. The van der Waals surface area contributed by atoms with E-state index < -0.39 is 36.9 Å². The summed E-state index contributed by atoms with van der Waals surface area (Å²) in [6.45, 7) is 0. The zero-order valence-corrected chi connectivity index (χ0v) is 8.23. The Labute approximate surface area is 85.6 Å². The molecule has 0 aromatic rings. The van der Waals surface area contributed by atoms with Crippen molar-refractivity contribution >= 4 is 20.9 Å². The summed E-state index contributed by atoms with van der Waals surface area (Å²) in [6.07, 6.45) is -6.77. The van der Waals surface area contributed by atoms with Crippen LogP contribution in [0.4, 0.5) is 30.7 Å². The monoisotopic (exact) mass is 297 g/mol. The van der Waals surface area contributed by atoms with Crippen LogP contribution in [0, 0.1) is 0 Å². The second kappa shape index (κ2) is 3.80. The molecule has 98 valence electrons. The fraction of sp³-hybridized carbons (Fsp3) is 1.00. The van der Waals surface area contributed by atoms with Gasteiger partial charge in [-0.2, -0.15) is 26.3 Å². The molecule has 4 nitrogen and oxygen atoms in total. The molecule has 13 heteroatoms. The van der Waals surface area contributed by atoms with Crippen molar-refractivity contribution in [3.05, 3.63) is 0 Å². The molecule has 0 aliphatic heterocycles. The van der Waals surface area contributed by atoms with Crippen molar-refractivity contribution in [2.24, 2.45) is 0 Å². The molecule has 0 aliphatic carbocycles. The first kappa shape index (κ1) is 15.6. The van der Waals surface area contributed by atoms with Gasteiger partial charge < -0.3 is 4.55 Å². The molecular weight excluding hydrogens is 297 g/mol. The molecule has 0 amide bonds. The quantitative estimate of drug-likeness (QED) is 0.562. The van der Waals surface area contributed by atoms with Gasteiger partial charge in [-0.15, -0.1) is 0 Å². The molecule has 0 aliphatic rings. The van der Waals surface area contributed by atoms with Gasteiger partial charge in [0.05, 0.1) is 0 Å². The van der Waals surface area contributed by atoms with Gasteiger partial charge in [-0.1, -0.05) is 0 Å². The number of hydrogen-bond donors (Lipinski definition) is 0. The Bertz CT molecular complexity index is 393. The van der Waals surface area contributed by atoms with Crippen LogP contribution in [0.25, 0.3) is 0 Å². The maximum Gasteiger partial charge on any atom is 0.501 e. The van der Waals surface area contributed by atoms with Crippen LogP contribution in [0.5, 0.6) is 0 Å². The van der Waals surface area contributed by atoms with E-state index in [2.05, 4.69) is 0 Å². The van der Waals surface area contributed by atoms with E-state index in [1.165, 1.54) is 0 Å². The van der Waals surface area contributed by atoms with E-state index in [1.807, 2.05) is 0 Å². The second-order valence-electron chi connectivity index (χ2n) is 2.22. The Hall–Kier alpha value is -0.430. The first-order valence-electron chi connectivity index (χ1n) is 2.85. The van der Waals surface area contributed by atoms with E-state index >= 15 is 0 Å². The topological polar surface area (TPSA) is 74.3 Å². The van der Waals surface area contributed by atoms with Gasteiger partial charge in [0.15, 0.2) is 0 Å². The van der Waals surface area contributed by atoms with Gasteiger partial charge in [-0.25, -0.2) is 12.8 Å². The molecule has 16 heavy (non-hydrogen) atoms. The van der Waals surface area contributed by atoms with E-state index in [1.54, 1.807) is 0 Å². The van der Waals surface area contributed by atoms with Crippen molar-refractivity contribution in [1.29, 1.82) is 0 Å². The molecular formula is C3F7O4S2-. The molecule has 0 heterocycles. The summed E-state index contributed by atoms with van der Waals surface area (Å²) in [6, 6.07) is 0. The second-order valence-corrected chi connectivity index (χ2v) is 5.54. The van der Waals surface area contributed by atoms with Gasteiger partial charge >= 0.3 is 25.9 Å². The first-order valence-corrected chi connectivity index (χ1v) is 5.41. The Balaban J connectivity index is 6.09. The Morgan fingerprint density at radius 2 is 1.25 bits per heavy atom. The van der Waals surface area contributed by atoms with Crippen LogP contribution >= 0.6 is 0 Å². The van der Waals surface area contributed by atoms with Crippen molar-refractivity contribution in [1.82, 2.24) is 0 Å². The van der Waals surface area contributed by atoms with Crippen LogP contribution in [-0.2, 0) is 20.9 Å². The summed E-state index contributed by atoms with van der Waals surface area (Å²) in [5.41, 5.74) is -6.70. The smallest absolute Gasteiger partial charge is 0.501 e. The molecule has 0 saturated carbocycles. The standard InChI is InChI=1S/C3HF7O4S2/c4-1(5,6)2(7,15(11)12)16(13,14)3(8,9)10/h(H,11,12)/p-1. The predicted octanol–water partition coefficient (Wildman–Crippen LogP) is 0.986. The molecule has 0 saturated heterocycles. The van der Waals surface area contributed by atoms with E-state index in [9.17, 15) is 47.9 Å². The number of halogens is 7. The molecule has 0 aromatic carbocycles. The normalized spacial score (nSPS) is 20.2.